The summed E-state index contributed by atoms with van der Waals surface area (Å²) < 4.78 is 26.1. The van der Waals surface area contributed by atoms with Gasteiger partial charge in [0.05, 0.1) is 0 Å². The van der Waals surface area contributed by atoms with Gasteiger partial charge >= 0.3 is 0 Å². The van der Waals surface area contributed by atoms with Gasteiger partial charge in [-0.3, -0.25) is 4.79 Å². The minimum absolute atomic E-state index is 0.139. The van der Waals surface area contributed by atoms with Crippen LogP contribution < -0.4 is 10.6 Å². The molecule has 24 heavy (non-hydrogen) atoms. The maximum Gasteiger partial charge on any atom is 0.274 e. The zero-order valence-corrected chi connectivity index (χ0v) is 13.7. The van der Waals surface area contributed by atoms with Crippen molar-refractivity contribution in [2.24, 2.45) is 0 Å². The zero-order valence-electron chi connectivity index (χ0n) is 13.7. The van der Waals surface area contributed by atoms with Crippen molar-refractivity contribution in [2.45, 2.75) is 6.92 Å². The summed E-state index contributed by atoms with van der Waals surface area (Å²) in [5.74, 6) is -2.19. The summed E-state index contributed by atoms with van der Waals surface area (Å²) in [5, 5.41) is 5.52. The van der Waals surface area contributed by atoms with E-state index in [4.69, 9.17) is 0 Å². The van der Waals surface area contributed by atoms with Crippen LogP contribution in [-0.2, 0) is 0 Å². The second kappa shape index (κ2) is 7.78. The monoisotopic (exact) mass is 335 g/mol. The van der Waals surface area contributed by atoms with Crippen molar-refractivity contribution in [3.63, 3.8) is 0 Å². The lowest BCUT2D eigenvalue weighted by atomic mass is 10.2. The van der Waals surface area contributed by atoms with Gasteiger partial charge in [-0.05, 0) is 39.2 Å². The molecule has 0 aliphatic rings. The van der Waals surface area contributed by atoms with Crippen molar-refractivity contribution in [3.8, 4) is 0 Å². The van der Waals surface area contributed by atoms with Crippen molar-refractivity contribution in [2.75, 3.05) is 37.8 Å². The van der Waals surface area contributed by atoms with Crippen LogP contribution in [0.1, 0.15) is 16.2 Å². The molecule has 2 N–H and O–H groups in total. The third-order valence-corrected chi connectivity index (χ3v) is 3.11. The number of carbonyl (C=O) groups excluding carboxylic acids is 1. The van der Waals surface area contributed by atoms with Crippen LogP contribution in [0.2, 0.25) is 0 Å². The highest BCUT2D eigenvalue weighted by atomic mass is 19.2. The summed E-state index contributed by atoms with van der Waals surface area (Å²) in [6, 6.07) is 4.66. The Labute approximate surface area is 138 Å². The Morgan fingerprint density at radius 2 is 1.92 bits per heavy atom. The predicted molar refractivity (Wildman–Crippen MR) is 88.1 cm³/mol. The molecule has 0 saturated carbocycles. The first kappa shape index (κ1) is 17.7. The van der Waals surface area contributed by atoms with Crippen LogP contribution in [0.5, 0.6) is 0 Å². The third-order valence-electron chi connectivity index (χ3n) is 3.11. The van der Waals surface area contributed by atoms with Crippen LogP contribution in [0.15, 0.2) is 24.3 Å². The van der Waals surface area contributed by atoms with Gasteiger partial charge in [-0.25, -0.2) is 18.7 Å². The molecule has 128 valence electrons. The Kier molecular flexibility index (Phi) is 5.75. The van der Waals surface area contributed by atoms with Gasteiger partial charge < -0.3 is 15.5 Å². The van der Waals surface area contributed by atoms with Crippen molar-refractivity contribution in [3.05, 3.63) is 47.3 Å². The highest BCUT2D eigenvalue weighted by molar-refractivity contribution is 6.03. The predicted octanol–water partition coefficient (Wildman–Crippen LogP) is 2.29. The standard InChI is InChI=1S/C16H19F2N5O/c1-10-8-14(22-16(20-10)19-6-7-23(2)3)15(24)21-11-4-5-12(17)13(18)9-11/h4-5,8-9H,6-7H2,1-3H3,(H,21,24)(H,19,20,22). The summed E-state index contributed by atoms with van der Waals surface area (Å²) in [4.78, 5) is 22.6. The number of rotatable bonds is 6. The van der Waals surface area contributed by atoms with Gasteiger partial charge in [0.15, 0.2) is 11.6 Å². The van der Waals surface area contributed by atoms with Crippen LogP contribution in [0.3, 0.4) is 0 Å². The molecule has 0 atom stereocenters. The number of nitrogens with zero attached hydrogens (tertiary/aromatic N) is 3. The summed E-state index contributed by atoms with van der Waals surface area (Å²) in [7, 11) is 3.89. The van der Waals surface area contributed by atoms with Gasteiger partial charge in [0, 0.05) is 30.5 Å². The molecule has 0 bridgehead atoms. The van der Waals surface area contributed by atoms with E-state index in [9.17, 15) is 13.6 Å². The molecule has 0 aliphatic heterocycles. The minimum atomic E-state index is -1.03. The highest BCUT2D eigenvalue weighted by Gasteiger charge is 2.12. The molecule has 2 rings (SSSR count). The fraction of sp³-hybridized carbons (Fsp3) is 0.312. The number of amides is 1. The number of aromatic nitrogens is 2. The molecule has 0 fully saturated rings. The molecule has 1 aromatic heterocycles. The summed E-state index contributed by atoms with van der Waals surface area (Å²) in [6.45, 7) is 3.15. The highest BCUT2D eigenvalue weighted by Crippen LogP contribution is 2.14. The van der Waals surface area contributed by atoms with Crippen molar-refractivity contribution >= 4 is 17.5 Å². The van der Waals surface area contributed by atoms with Crippen molar-refractivity contribution < 1.29 is 13.6 Å². The number of benzene rings is 1. The topological polar surface area (TPSA) is 70.2 Å². The van der Waals surface area contributed by atoms with E-state index in [1.807, 2.05) is 19.0 Å². The lowest BCUT2D eigenvalue weighted by Crippen LogP contribution is -2.22. The molecule has 1 aromatic carbocycles. The van der Waals surface area contributed by atoms with Crippen LogP contribution in [-0.4, -0.2) is 48.0 Å². The number of nitrogens with one attached hydrogen (secondary N) is 2. The molecule has 6 nitrogen and oxygen atoms in total. The average molecular weight is 335 g/mol. The van der Waals surface area contributed by atoms with E-state index in [0.717, 1.165) is 18.7 Å². The largest absolute Gasteiger partial charge is 0.353 e. The average Bonchev–Trinajstić information content (AvgIpc) is 2.50. The Bertz CT molecular complexity index is 736. The van der Waals surface area contributed by atoms with Crippen LogP contribution in [0, 0.1) is 18.6 Å². The van der Waals surface area contributed by atoms with Crippen LogP contribution in [0.4, 0.5) is 20.4 Å². The van der Waals surface area contributed by atoms with Gasteiger partial charge in [-0.15, -0.1) is 0 Å². The first-order chi connectivity index (χ1) is 11.3. The number of hydrogen-bond acceptors (Lipinski definition) is 5. The first-order valence-corrected chi connectivity index (χ1v) is 7.36. The maximum atomic E-state index is 13.2. The van der Waals surface area contributed by atoms with E-state index < -0.39 is 17.5 Å². The quantitative estimate of drug-likeness (QED) is 0.848. The van der Waals surface area contributed by atoms with Gasteiger partial charge in [0.1, 0.15) is 5.69 Å². The molecule has 2 aromatic rings. The smallest absolute Gasteiger partial charge is 0.274 e. The fourth-order valence-corrected chi connectivity index (χ4v) is 1.92. The lowest BCUT2D eigenvalue weighted by Gasteiger charge is -2.11. The molecule has 0 unspecified atom stereocenters. The van der Waals surface area contributed by atoms with Gasteiger partial charge in [-0.2, -0.15) is 0 Å². The number of hydrogen-bond donors (Lipinski definition) is 2. The van der Waals surface area contributed by atoms with Crippen LogP contribution >= 0.6 is 0 Å². The molecule has 1 amide bonds. The van der Waals surface area contributed by atoms with Gasteiger partial charge in [0.2, 0.25) is 5.95 Å². The molecule has 8 heteroatoms. The Morgan fingerprint density at radius 3 is 2.58 bits per heavy atom. The number of carbonyl (C=O) groups is 1. The number of likely N-dealkylation sites (N-methyl/N-ethyl adjacent to an activating group) is 1. The van der Waals surface area contributed by atoms with Crippen molar-refractivity contribution in [1.29, 1.82) is 0 Å². The fourth-order valence-electron chi connectivity index (χ4n) is 1.92. The molecule has 0 saturated heterocycles. The zero-order chi connectivity index (χ0) is 17.7. The molecular formula is C16H19F2N5O. The van der Waals surface area contributed by atoms with Gasteiger partial charge in [-0.1, -0.05) is 0 Å². The maximum absolute atomic E-state index is 13.2. The Hall–Kier alpha value is -2.61. The SMILES string of the molecule is Cc1cc(C(=O)Nc2ccc(F)c(F)c2)nc(NCCN(C)C)n1. The second-order valence-corrected chi connectivity index (χ2v) is 5.53. The van der Waals surface area contributed by atoms with Crippen molar-refractivity contribution in [1.82, 2.24) is 14.9 Å². The summed E-state index contributed by atoms with van der Waals surface area (Å²) >= 11 is 0. The van der Waals surface area contributed by atoms with E-state index in [-0.39, 0.29) is 11.4 Å². The van der Waals surface area contributed by atoms with E-state index in [2.05, 4.69) is 20.6 Å². The lowest BCUT2D eigenvalue weighted by molar-refractivity contribution is 0.102. The molecule has 0 spiro atoms. The molecule has 1 heterocycles. The second-order valence-electron chi connectivity index (χ2n) is 5.53. The van der Waals surface area contributed by atoms with E-state index in [1.54, 1.807) is 6.92 Å². The summed E-state index contributed by atoms with van der Waals surface area (Å²) in [5.41, 5.74) is 0.907. The van der Waals surface area contributed by atoms with E-state index >= 15 is 0 Å². The molecule has 0 radical (unpaired) electrons. The Balaban J connectivity index is 2.10. The molecule has 0 aliphatic carbocycles. The minimum Gasteiger partial charge on any atom is -0.353 e. The molecular weight excluding hydrogens is 316 g/mol. The van der Waals surface area contributed by atoms with E-state index in [1.165, 1.54) is 12.1 Å². The number of halogens is 2. The van der Waals surface area contributed by atoms with Crippen LogP contribution in [0.25, 0.3) is 0 Å². The normalized spacial score (nSPS) is 10.8. The number of aryl methyl sites for hydroxylation is 1. The third kappa shape index (κ3) is 4.95. The number of anilines is 2. The summed E-state index contributed by atoms with van der Waals surface area (Å²) in [6.07, 6.45) is 0. The first-order valence-electron chi connectivity index (χ1n) is 7.36. The van der Waals surface area contributed by atoms with Gasteiger partial charge in [0.25, 0.3) is 5.91 Å². The van der Waals surface area contributed by atoms with E-state index in [0.29, 0.717) is 18.2 Å². The Morgan fingerprint density at radius 1 is 1.17 bits per heavy atom.